The largest absolute Gasteiger partial charge is 0.486 e. The maximum absolute atomic E-state index is 13.9. The fourth-order valence-electron chi connectivity index (χ4n) is 2.35. The second kappa shape index (κ2) is 6.01. The molecule has 2 atom stereocenters. The number of para-hydroxylation sites is 1. The minimum Gasteiger partial charge on any atom is -0.486 e. The van der Waals surface area contributed by atoms with Gasteiger partial charge in [-0.3, -0.25) is 5.84 Å². The van der Waals surface area contributed by atoms with Crippen LogP contribution in [-0.2, 0) is 0 Å². The number of fused-ring (bicyclic) bond motifs is 1. The molecule has 0 spiro atoms. The number of hydrazine groups is 1. The van der Waals surface area contributed by atoms with E-state index < -0.39 is 17.7 Å². The van der Waals surface area contributed by atoms with Crippen LogP contribution >= 0.6 is 11.8 Å². The fraction of sp³-hybridized carbons (Fsp3) is 0.200. The summed E-state index contributed by atoms with van der Waals surface area (Å²) >= 11 is 1.61. The van der Waals surface area contributed by atoms with E-state index in [0.717, 1.165) is 28.8 Å². The van der Waals surface area contributed by atoms with Crippen molar-refractivity contribution in [3.63, 3.8) is 0 Å². The zero-order valence-electron chi connectivity index (χ0n) is 11.1. The van der Waals surface area contributed by atoms with E-state index in [1.165, 1.54) is 0 Å². The summed E-state index contributed by atoms with van der Waals surface area (Å²) in [5, 5.41) is 0. The van der Waals surface area contributed by atoms with Crippen molar-refractivity contribution in [2.24, 2.45) is 5.84 Å². The predicted octanol–water partition coefficient (Wildman–Crippen LogP) is 3.02. The van der Waals surface area contributed by atoms with Gasteiger partial charge in [-0.2, -0.15) is 0 Å². The van der Waals surface area contributed by atoms with Crippen LogP contribution in [-0.4, -0.2) is 11.9 Å². The topological polar surface area (TPSA) is 47.3 Å². The molecule has 2 aromatic rings. The van der Waals surface area contributed by atoms with Crippen LogP contribution in [0.1, 0.15) is 11.6 Å². The standard InChI is InChI=1S/C15H14F2N2OS/c16-9-5-6-11(17)10(7-9)15(19-18)13-8-21-14-4-2-1-3-12(14)20-13/h1-7,13,15,19H,8,18H2. The first kappa shape index (κ1) is 14.3. The highest BCUT2D eigenvalue weighted by Gasteiger charge is 2.30. The summed E-state index contributed by atoms with van der Waals surface area (Å²) in [6.45, 7) is 0. The van der Waals surface area contributed by atoms with Gasteiger partial charge in [-0.1, -0.05) is 12.1 Å². The first-order valence-electron chi connectivity index (χ1n) is 6.48. The summed E-state index contributed by atoms with van der Waals surface area (Å²) in [7, 11) is 0. The third kappa shape index (κ3) is 2.88. The highest BCUT2D eigenvalue weighted by atomic mass is 32.2. The molecular weight excluding hydrogens is 294 g/mol. The molecule has 3 N–H and O–H groups in total. The SMILES string of the molecule is NNC(c1cc(F)ccc1F)C1CSc2ccccc2O1. The average molecular weight is 308 g/mol. The Morgan fingerprint density at radius 1 is 1.24 bits per heavy atom. The summed E-state index contributed by atoms with van der Waals surface area (Å²) in [4.78, 5) is 1.03. The minimum absolute atomic E-state index is 0.169. The number of ether oxygens (including phenoxy) is 1. The number of nitrogens with two attached hydrogens (primary N) is 1. The average Bonchev–Trinajstić information content (AvgIpc) is 2.51. The third-order valence-corrected chi connectivity index (χ3v) is 4.52. The van der Waals surface area contributed by atoms with E-state index in [2.05, 4.69) is 5.43 Å². The lowest BCUT2D eigenvalue weighted by molar-refractivity contribution is 0.164. The summed E-state index contributed by atoms with van der Waals surface area (Å²) in [6.07, 6.45) is -0.383. The molecular formula is C15H14F2N2OS. The molecule has 6 heteroatoms. The van der Waals surface area contributed by atoms with Gasteiger partial charge in [0.25, 0.3) is 0 Å². The summed E-state index contributed by atoms with van der Waals surface area (Å²) in [6, 6.07) is 10.3. The monoisotopic (exact) mass is 308 g/mol. The van der Waals surface area contributed by atoms with Crippen LogP contribution < -0.4 is 16.0 Å². The molecule has 1 heterocycles. The highest BCUT2D eigenvalue weighted by Crippen LogP contribution is 2.38. The summed E-state index contributed by atoms with van der Waals surface area (Å²) in [5.74, 6) is 5.87. The first-order valence-corrected chi connectivity index (χ1v) is 7.47. The molecule has 3 nitrogen and oxygen atoms in total. The van der Waals surface area contributed by atoms with Gasteiger partial charge in [0.05, 0.1) is 6.04 Å². The summed E-state index contributed by atoms with van der Waals surface area (Å²) in [5.41, 5.74) is 2.71. The Morgan fingerprint density at radius 2 is 2.05 bits per heavy atom. The lowest BCUT2D eigenvalue weighted by atomic mass is 10.0. The number of hydrogen-bond acceptors (Lipinski definition) is 4. The van der Waals surface area contributed by atoms with Crippen molar-refractivity contribution in [2.75, 3.05) is 5.75 Å². The molecule has 0 radical (unpaired) electrons. The Kier molecular flexibility index (Phi) is 4.10. The van der Waals surface area contributed by atoms with Gasteiger partial charge in [-0.25, -0.2) is 14.2 Å². The quantitative estimate of drug-likeness (QED) is 0.676. The van der Waals surface area contributed by atoms with Crippen LogP contribution in [0.15, 0.2) is 47.4 Å². The van der Waals surface area contributed by atoms with Crippen molar-refractivity contribution in [2.45, 2.75) is 17.0 Å². The lowest BCUT2D eigenvalue weighted by Crippen LogP contribution is -2.42. The number of nitrogens with one attached hydrogen (secondary N) is 1. The van der Waals surface area contributed by atoms with Crippen molar-refractivity contribution in [3.8, 4) is 5.75 Å². The Bertz CT molecular complexity index is 653. The zero-order chi connectivity index (χ0) is 14.8. The number of thioether (sulfide) groups is 1. The highest BCUT2D eigenvalue weighted by molar-refractivity contribution is 7.99. The van der Waals surface area contributed by atoms with Gasteiger partial charge in [-0.05, 0) is 30.3 Å². The zero-order valence-corrected chi connectivity index (χ0v) is 11.9. The number of hydrogen-bond donors (Lipinski definition) is 2. The van der Waals surface area contributed by atoms with Crippen molar-refractivity contribution >= 4 is 11.8 Å². The van der Waals surface area contributed by atoms with E-state index in [0.29, 0.717) is 5.75 Å². The maximum Gasteiger partial charge on any atom is 0.133 e. The lowest BCUT2D eigenvalue weighted by Gasteiger charge is -2.31. The number of benzene rings is 2. The normalized spacial score (nSPS) is 18.7. The fourth-order valence-corrected chi connectivity index (χ4v) is 3.39. The predicted molar refractivity (Wildman–Crippen MR) is 78.0 cm³/mol. The Morgan fingerprint density at radius 3 is 2.86 bits per heavy atom. The minimum atomic E-state index is -0.624. The van der Waals surface area contributed by atoms with E-state index in [1.54, 1.807) is 11.8 Å². The third-order valence-electron chi connectivity index (χ3n) is 3.38. The molecule has 0 saturated heterocycles. The van der Waals surface area contributed by atoms with E-state index in [4.69, 9.17) is 10.6 Å². The van der Waals surface area contributed by atoms with Gasteiger partial charge in [0.2, 0.25) is 0 Å². The van der Waals surface area contributed by atoms with Crippen molar-refractivity contribution in [3.05, 3.63) is 59.7 Å². The number of rotatable bonds is 3. The van der Waals surface area contributed by atoms with Crippen molar-refractivity contribution in [1.82, 2.24) is 5.43 Å². The molecule has 110 valence electrons. The molecule has 0 bridgehead atoms. The molecule has 1 aliphatic heterocycles. The second-order valence-electron chi connectivity index (χ2n) is 4.72. The summed E-state index contributed by atoms with van der Waals surface area (Å²) < 4.78 is 33.2. The molecule has 21 heavy (non-hydrogen) atoms. The molecule has 0 saturated carbocycles. The van der Waals surface area contributed by atoms with Crippen LogP contribution in [0.3, 0.4) is 0 Å². The molecule has 0 amide bonds. The van der Waals surface area contributed by atoms with E-state index in [9.17, 15) is 8.78 Å². The van der Waals surface area contributed by atoms with Gasteiger partial charge < -0.3 is 4.74 Å². The van der Waals surface area contributed by atoms with Gasteiger partial charge in [0.1, 0.15) is 23.5 Å². The number of halogens is 2. The van der Waals surface area contributed by atoms with Gasteiger partial charge >= 0.3 is 0 Å². The smallest absolute Gasteiger partial charge is 0.133 e. The Balaban J connectivity index is 1.90. The van der Waals surface area contributed by atoms with Crippen LogP contribution in [0.5, 0.6) is 5.75 Å². The van der Waals surface area contributed by atoms with Crippen LogP contribution in [0.2, 0.25) is 0 Å². The van der Waals surface area contributed by atoms with Crippen molar-refractivity contribution < 1.29 is 13.5 Å². The molecule has 2 unspecified atom stereocenters. The van der Waals surface area contributed by atoms with Gasteiger partial charge in [0.15, 0.2) is 0 Å². The molecule has 0 aromatic heterocycles. The van der Waals surface area contributed by atoms with E-state index in [-0.39, 0.29) is 11.7 Å². The second-order valence-corrected chi connectivity index (χ2v) is 5.79. The molecule has 0 aliphatic carbocycles. The Hall–Kier alpha value is -1.63. The molecule has 1 aliphatic rings. The molecule has 3 rings (SSSR count). The van der Waals surface area contributed by atoms with Crippen LogP contribution in [0, 0.1) is 11.6 Å². The van der Waals surface area contributed by atoms with Crippen LogP contribution in [0.4, 0.5) is 8.78 Å². The first-order chi connectivity index (χ1) is 10.2. The van der Waals surface area contributed by atoms with E-state index >= 15 is 0 Å². The van der Waals surface area contributed by atoms with Gasteiger partial charge in [-0.15, -0.1) is 11.8 Å². The Labute approximate surface area is 125 Å². The molecule has 2 aromatic carbocycles. The van der Waals surface area contributed by atoms with Gasteiger partial charge in [0, 0.05) is 16.2 Å². The van der Waals surface area contributed by atoms with Crippen molar-refractivity contribution in [1.29, 1.82) is 0 Å². The maximum atomic E-state index is 13.9. The van der Waals surface area contributed by atoms with E-state index in [1.807, 2.05) is 24.3 Å². The molecule has 0 fully saturated rings. The van der Waals surface area contributed by atoms with Crippen LogP contribution in [0.25, 0.3) is 0 Å².